The van der Waals surface area contributed by atoms with Crippen LogP contribution in [0.4, 0.5) is 0 Å². The second-order valence-corrected chi connectivity index (χ2v) is 0. The van der Waals surface area contributed by atoms with Crippen molar-refractivity contribution in [2.45, 2.75) is 0 Å². The van der Waals surface area contributed by atoms with Gasteiger partial charge in [-0.1, -0.05) is 0 Å². The summed E-state index contributed by atoms with van der Waals surface area (Å²) in [5, 5.41) is 0. The summed E-state index contributed by atoms with van der Waals surface area (Å²) in [6, 6.07) is 0. The van der Waals surface area contributed by atoms with Crippen molar-refractivity contribution < 1.29 is 16.4 Å². The maximum atomic E-state index is 0. The predicted octanol–water partition coefficient (Wildman–Crippen LogP) is -0.356. The summed E-state index contributed by atoms with van der Waals surface area (Å²) < 4.78 is 0. The molecule has 5 heteroatoms. The van der Waals surface area contributed by atoms with Gasteiger partial charge in [0.1, 0.15) is 0 Å². The molecular formula is Cf2O3-6. The van der Waals surface area contributed by atoms with Gasteiger partial charge in [0.2, 0.25) is 0 Å². The zero-order valence-electron chi connectivity index (χ0n) is 1.86. The minimum Gasteiger partial charge on any atom is -2.00 e. The average molecular weight is 546 g/mol. The van der Waals surface area contributed by atoms with Gasteiger partial charge in [-0.3, -0.25) is 0 Å². The zero-order chi connectivity index (χ0) is 0. The molecule has 0 unspecified atom stereocenters. The molecule has 0 saturated heterocycles. The molecule has 0 bridgehead atoms. The molecule has 0 spiro atoms. The summed E-state index contributed by atoms with van der Waals surface area (Å²) in [6.07, 6.45) is 0. The SMILES string of the molecule is [249Cf].[249Cf].[O-2].[O-2].[O-2]. The molecule has 3 nitrogen and oxygen atoms in total. The van der Waals surface area contributed by atoms with E-state index >= 15 is 0 Å². The van der Waals surface area contributed by atoms with Crippen molar-refractivity contribution in [3.8, 4) is 0 Å². The molecule has 0 aromatic carbocycles. The van der Waals surface area contributed by atoms with Gasteiger partial charge in [0.25, 0.3) is 0 Å². The van der Waals surface area contributed by atoms with Crippen molar-refractivity contribution >= 4 is 0 Å². The van der Waals surface area contributed by atoms with Gasteiger partial charge >= 0.3 is 0 Å². The number of rotatable bonds is 0. The molecule has 0 aromatic rings. The average Bonchev–Trinajstić information content (AvgIpc) is 0. The van der Waals surface area contributed by atoms with Crippen LogP contribution < -0.4 is 0 Å². The third kappa shape index (κ3) is 0.00602. The third-order valence-corrected chi connectivity index (χ3v) is 0. The summed E-state index contributed by atoms with van der Waals surface area (Å²) in [5.74, 6) is 0. The molecule has 0 rings (SSSR count). The van der Waals surface area contributed by atoms with Crippen LogP contribution in [0, 0.1) is 0 Å². The molecule has 0 atom stereocenters. The first-order valence-electron chi connectivity index (χ1n) is 0. The summed E-state index contributed by atoms with van der Waals surface area (Å²) in [6.45, 7) is 0. The maximum Gasteiger partial charge on any atom is 0 e. The largest absolute Gasteiger partial charge is 2.00 e. The Morgan fingerprint density at radius 2 is 0.400 bits per heavy atom. The van der Waals surface area contributed by atoms with E-state index in [9.17, 15) is 0 Å². The summed E-state index contributed by atoms with van der Waals surface area (Å²) in [4.78, 5) is 0. The monoisotopic (exact) mass is 546 g/mol. The van der Waals surface area contributed by atoms with Crippen LogP contribution >= 0.6 is 0 Å². The number of hydrogen-bond acceptors (Lipinski definition) is 0. The Bertz CT molecular complexity index is 4.85. The van der Waals surface area contributed by atoms with Crippen molar-refractivity contribution in [1.82, 2.24) is 0 Å². The molecular weight excluding hydrogens is 546 g/mol. The van der Waals surface area contributed by atoms with Crippen molar-refractivity contribution in [2.24, 2.45) is 0 Å². The Morgan fingerprint density at radius 1 is 0.400 bits per heavy atom. The molecule has 0 N–H and O–H groups in total. The summed E-state index contributed by atoms with van der Waals surface area (Å²) >= 11 is 0. The van der Waals surface area contributed by atoms with E-state index in [2.05, 4.69) is 0 Å². The summed E-state index contributed by atoms with van der Waals surface area (Å²) in [7, 11) is 0. The Hall–Kier alpha value is -2.12. The van der Waals surface area contributed by atoms with E-state index in [1.54, 1.807) is 0 Å². The van der Waals surface area contributed by atoms with Crippen molar-refractivity contribution in [2.75, 3.05) is 0 Å². The molecule has 5 heavy (non-hydrogen) atoms. The van der Waals surface area contributed by atoms with Gasteiger partial charge in [-0.25, -0.2) is 0 Å². The molecule has 0 amide bonds. The fourth-order valence-corrected chi connectivity index (χ4v) is 0. The normalized spacial score (nSPS) is 0. The molecule has 0 fully saturated rings. The quantitative estimate of drug-likeness (QED) is 0.398. The van der Waals surface area contributed by atoms with E-state index in [4.69, 9.17) is 0 Å². The van der Waals surface area contributed by atoms with Gasteiger partial charge in [-0.2, -0.15) is 0 Å². The van der Waals surface area contributed by atoms with Crippen molar-refractivity contribution in [3.05, 3.63) is 0 Å². The first kappa shape index (κ1) is 2.26. The van der Waals surface area contributed by atoms with E-state index < -0.39 is 0 Å². The second kappa shape index (κ2) is 0.324. The van der Waals surface area contributed by atoms with E-state index in [0.29, 0.717) is 0 Å². The Morgan fingerprint density at radius 3 is 0.400 bits per heavy atom. The van der Waals surface area contributed by atoms with E-state index in [1.807, 2.05) is 0 Å². The summed E-state index contributed by atoms with van der Waals surface area (Å²) in [5.41, 5.74) is 0. The van der Waals surface area contributed by atoms with Crippen LogP contribution in [-0.2, 0) is 16.4 Å². The van der Waals surface area contributed by atoms with Crippen LogP contribution in [0.1, 0.15) is 0 Å². The molecule has 0 aliphatic carbocycles. The minimum atomic E-state index is 0. The molecule has 0 saturated carbocycles. The van der Waals surface area contributed by atoms with Gasteiger partial charge in [-0.15, -0.1) is 0 Å². The van der Waals surface area contributed by atoms with E-state index in [0.717, 1.165) is 0 Å². The van der Waals surface area contributed by atoms with Gasteiger partial charge in [0.15, 0.2) is 0 Å². The van der Waals surface area contributed by atoms with Crippen molar-refractivity contribution in [1.29, 1.82) is 0 Å². The standard InChI is InChI=1S/2Cf.3O/q;;3*-2/i2*1-2;;;. The molecule has 0 aliphatic heterocycles. The van der Waals surface area contributed by atoms with Crippen LogP contribution in [-0.4, -0.2) is 0 Å². The van der Waals surface area contributed by atoms with Crippen LogP contribution in [0.2, 0.25) is 0 Å². The maximum absolute atomic E-state index is 0. The van der Waals surface area contributed by atoms with Gasteiger partial charge in [0.05, 0.1) is 0 Å². The van der Waals surface area contributed by atoms with Gasteiger partial charge < -0.3 is 16.4 Å². The molecule has 44 valence electrons. The first-order chi connectivity index (χ1) is 0. The van der Waals surface area contributed by atoms with E-state index in [1.165, 1.54) is 0 Å². The van der Waals surface area contributed by atoms with Gasteiger partial charge in [0, 0.05) is 0 Å². The number of hydrogen-bond donors (Lipinski definition) is 0. The van der Waals surface area contributed by atoms with Crippen LogP contribution in [0.25, 0.3) is 0 Å². The van der Waals surface area contributed by atoms with Crippen LogP contribution in [0.3, 0.4) is 0 Å². The smallest absolute Gasteiger partial charge is 0 e. The molecule has 0 aliphatic rings. The van der Waals surface area contributed by atoms with Crippen molar-refractivity contribution in [3.63, 3.8) is 0 Å². The first-order valence-corrected chi connectivity index (χ1v) is 0. The Balaban J connectivity index is 0. The third-order valence-electron chi connectivity index (χ3n) is 0. The second-order valence-electron chi connectivity index (χ2n) is 0. The minimum absolute atomic E-state index is 0. The fourth-order valence-electron chi connectivity index (χ4n) is 0. The topological polar surface area (TPSA) is 85.5 Å². The Labute approximate surface area is 17.8 Å². The zero-order valence-corrected chi connectivity index (χ0v) is 7.12. The Kier molecular flexibility index (Phi) is 0.147. The molecule has 0 aromatic heterocycles. The molecule has 0 radical (unpaired) electrons. The van der Waals surface area contributed by atoms with E-state index in [-0.39, 0.29) is 16.4 Å². The van der Waals surface area contributed by atoms with Gasteiger partial charge in [-0.05, 0) is 0 Å². The fraction of sp³-hybridized carbons (Fsp3) is 0. The predicted molar refractivity (Wildman–Crippen MR) is 2.06 cm³/mol. The van der Waals surface area contributed by atoms with Crippen LogP contribution in [0.15, 0.2) is 0 Å². The molecule has 0 heterocycles. The van der Waals surface area contributed by atoms with Crippen LogP contribution in [0.5, 0.6) is 0 Å².